The van der Waals surface area contributed by atoms with Crippen LogP contribution in [-0.2, 0) is 16.1 Å². The largest absolute Gasteiger partial charge is 0.370 e. The third-order valence-electron chi connectivity index (χ3n) is 4.93. The number of halogens is 2. The monoisotopic (exact) mass is 505 g/mol. The number of nitrogens with zero attached hydrogens (tertiary/aromatic N) is 1. The molecule has 0 spiro atoms. The van der Waals surface area contributed by atoms with E-state index in [0.717, 1.165) is 11.3 Å². The summed E-state index contributed by atoms with van der Waals surface area (Å²) in [5.41, 5.74) is 2.56. The molecule has 1 aliphatic rings. The van der Waals surface area contributed by atoms with E-state index in [1.54, 1.807) is 47.4 Å². The topological polar surface area (TPSA) is 87.7 Å². The molecule has 4 rings (SSSR count). The average molecular weight is 506 g/mol. The molecule has 3 amide bonds. The first-order chi connectivity index (χ1) is 15.5. The number of hydrogen-bond acceptors (Lipinski definition) is 5. The van der Waals surface area contributed by atoms with Gasteiger partial charge in [0, 0.05) is 30.0 Å². The molecule has 2 heterocycles. The van der Waals surface area contributed by atoms with Crippen LogP contribution in [0.2, 0.25) is 4.34 Å². The Balaban J connectivity index is 0.00000306. The molecule has 0 aliphatic carbocycles. The standard InChI is InChI=1S/C23H20ClN3O4S.ClH/c24-20-10-9-19(32-20)23(30)25-13-16-3-1-2-4-18(16)26-22(29)15-5-7-17(8-6-15)27-11-12-31-14-21(27)28;/h1-10H,11-14H2,(H,25,30)(H,26,29);1H. The Kier molecular flexibility index (Phi) is 8.46. The Hall–Kier alpha value is -2.91. The normalized spacial score (nSPS) is 13.2. The van der Waals surface area contributed by atoms with Crippen LogP contribution in [0.15, 0.2) is 60.7 Å². The molecule has 0 bridgehead atoms. The Morgan fingerprint density at radius 1 is 1.03 bits per heavy atom. The highest BCUT2D eigenvalue weighted by Gasteiger charge is 2.20. The first-order valence-electron chi connectivity index (χ1n) is 9.92. The summed E-state index contributed by atoms with van der Waals surface area (Å²) in [6, 6.07) is 17.5. The second-order valence-corrected chi connectivity index (χ2v) is 8.76. The summed E-state index contributed by atoms with van der Waals surface area (Å²) < 4.78 is 5.69. The molecule has 1 aromatic heterocycles. The van der Waals surface area contributed by atoms with Crippen LogP contribution in [0.1, 0.15) is 25.6 Å². The summed E-state index contributed by atoms with van der Waals surface area (Å²) >= 11 is 7.10. The van der Waals surface area contributed by atoms with Crippen LogP contribution < -0.4 is 15.5 Å². The maximum atomic E-state index is 12.8. The van der Waals surface area contributed by atoms with Gasteiger partial charge < -0.3 is 20.3 Å². The van der Waals surface area contributed by atoms with Crippen LogP contribution in [-0.4, -0.2) is 37.5 Å². The fourth-order valence-corrected chi connectivity index (χ4v) is 4.23. The van der Waals surface area contributed by atoms with Crippen molar-refractivity contribution < 1.29 is 19.1 Å². The van der Waals surface area contributed by atoms with Gasteiger partial charge in [-0.15, -0.1) is 23.7 Å². The summed E-state index contributed by atoms with van der Waals surface area (Å²) in [7, 11) is 0. The number of anilines is 2. The van der Waals surface area contributed by atoms with E-state index in [1.165, 1.54) is 11.3 Å². The molecule has 0 atom stereocenters. The highest BCUT2D eigenvalue weighted by atomic mass is 35.5. The summed E-state index contributed by atoms with van der Waals surface area (Å²) in [5, 5.41) is 5.74. The van der Waals surface area contributed by atoms with Gasteiger partial charge in [-0.2, -0.15) is 0 Å². The molecule has 1 aliphatic heterocycles. The zero-order valence-electron chi connectivity index (χ0n) is 17.4. The number of para-hydroxylation sites is 1. The highest BCUT2D eigenvalue weighted by molar-refractivity contribution is 7.18. The number of amides is 3. The minimum Gasteiger partial charge on any atom is -0.370 e. The predicted octanol–water partition coefficient (Wildman–Crippen LogP) is 4.37. The lowest BCUT2D eigenvalue weighted by molar-refractivity contribution is -0.125. The van der Waals surface area contributed by atoms with E-state index in [2.05, 4.69) is 10.6 Å². The van der Waals surface area contributed by atoms with Crippen LogP contribution in [0.25, 0.3) is 0 Å². The van der Waals surface area contributed by atoms with Gasteiger partial charge in [0.25, 0.3) is 17.7 Å². The summed E-state index contributed by atoms with van der Waals surface area (Å²) in [5.74, 6) is -0.612. The maximum Gasteiger partial charge on any atom is 0.261 e. The van der Waals surface area contributed by atoms with Gasteiger partial charge in [0.05, 0.1) is 15.8 Å². The Labute approximate surface area is 206 Å². The van der Waals surface area contributed by atoms with Crippen LogP contribution >= 0.6 is 35.3 Å². The second kappa shape index (κ2) is 11.3. The van der Waals surface area contributed by atoms with E-state index < -0.39 is 0 Å². The third-order valence-corrected chi connectivity index (χ3v) is 6.16. The van der Waals surface area contributed by atoms with Crippen molar-refractivity contribution in [2.24, 2.45) is 0 Å². The van der Waals surface area contributed by atoms with Crippen molar-refractivity contribution in [3.8, 4) is 0 Å². The van der Waals surface area contributed by atoms with Crippen molar-refractivity contribution in [2.45, 2.75) is 6.54 Å². The zero-order valence-corrected chi connectivity index (χ0v) is 19.8. The average Bonchev–Trinajstić information content (AvgIpc) is 3.25. The molecule has 0 saturated carbocycles. The molecule has 33 heavy (non-hydrogen) atoms. The number of carbonyl (C=O) groups excluding carboxylic acids is 3. The number of rotatable bonds is 6. The second-order valence-electron chi connectivity index (χ2n) is 7.04. The molecule has 172 valence electrons. The van der Waals surface area contributed by atoms with Gasteiger partial charge in [0.1, 0.15) is 6.61 Å². The fraction of sp³-hybridized carbons (Fsp3) is 0.174. The molecule has 10 heteroatoms. The first-order valence-corrected chi connectivity index (χ1v) is 11.1. The van der Waals surface area contributed by atoms with Crippen molar-refractivity contribution in [1.82, 2.24) is 5.32 Å². The molecule has 2 aromatic carbocycles. The van der Waals surface area contributed by atoms with Crippen molar-refractivity contribution in [3.63, 3.8) is 0 Å². The molecule has 2 N–H and O–H groups in total. The van der Waals surface area contributed by atoms with Crippen LogP contribution in [0, 0.1) is 0 Å². The van der Waals surface area contributed by atoms with E-state index in [0.29, 0.717) is 33.6 Å². The van der Waals surface area contributed by atoms with Crippen molar-refractivity contribution >= 4 is 64.4 Å². The SMILES string of the molecule is Cl.O=C(Nc1ccccc1CNC(=O)c1ccc(Cl)s1)c1ccc(N2CCOCC2=O)cc1. The lowest BCUT2D eigenvalue weighted by Crippen LogP contribution is -2.41. The van der Waals surface area contributed by atoms with Crippen LogP contribution in [0.5, 0.6) is 0 Å². The lowest BCUT2D eigenvalue weighted by Gasteiger charge is -2.26. The van der Waals surface area contributed by atoms with E-state index >= 15 is 0 Å². The molecule has 7 nitrogen and oxygen atoms in total. The van der Waals surface area contributed by atoms with Gasteiger partial charge in [0.2, 0.25) is 0 Å². The third kappa shape index (κ3) is 6.11. The minimum absolute atomic E-state index is 0. The maximum absolute atomic E-state index is 12.8. The number of carbonyl (C=O) groups is 3. The zero-order chi connectivity index (χ0) is 22.5. The molecule has 0 unspecified atom stereocenters. The minimum atomic E-state index is -0.284. The number of hydrogen-bond donors (Lipinski definition) is 2. The van der Waals surface area contributed by atoms with Gasteiger partial charge >= 0.3 is 0 Å². The van der Waals surface area contributed by atoms with E-state index in [-0.39, 0.29) is 43.3 Å². The quantitative estimate of drug-likeness (QED) is 0.520. The van der Waals surface area contributed by atoms with Gasteiger partial charge in [-0.3, -0.25) is 14.4 Å². The lowest BCUT2D eigenvalue weighted by atomic mass is 10.1. The van der Waals surface area contributed by atoms with Gasteiger partial charge in [-0.1, -0.05) is 29.8 Å². The molecule has 1 fully saturated rings. The van der Waals surface area contributed by atoms with Crippen LogP contribution in [0.3, 0.4) is 0 Å². The van der Waals surface area contributed by atoms with Gasteiger partial charge in [-0.25, -0.2) is 0 Å². The smallest absolute Gasteiger partial charge is 0.261 e. The Morgan fingerprint density at radius 3 is 2.48 bits per heavy atom. The fourth-order valence-electron chi connectivity index (χ4n) is 3.27. The van der Waals surface area contributed by atoms with Crippen molar-refractivity contribution in [2.75, 3.05) is 30.0 Å². The summed E-state index contributed by atoms with van der Waals surface area (Å²) in [6.07, 6.45) is 0. The Bertz CT molecular complexity index is 1150. The number of benzene rings is 2. The summed E-state index contributed by atoms with van der Waals surface area (Å²) in [6.45, 7) is 1.29. The number of nitrogens with one attached hydrogen (secondary N) is 2. The molecule has 1 saturated heterocycles. The number of morpholine rings is 1. The first kappa shape index (κ1) is 24.7. The van der Waals surface area contributed by atoms with E-state index in [4.69, 9.17) is 16.3 Å². The Morgan fingerprint density at radius 2 is 1.79 bits per heavy atom. The molecule has 3 aromatic rings. The predicted molar refractivity (Wildman–Crippen MR) is 132 cm³/mol. The van der Waals surface area contributed by atoms with E-state index in [1.807, 2.05) is 18.2 Å². The summed E-state index contributed by atoms with van der Waals surface area (Å²) in [4.78, 5) is 39.2. The van der Waals surface area contributed by atoms with Crippen molar-refractivity contribution in [3.05, 3.63) is 81.0 Å². The van der Waals surface area contributed by atoms with Gasteiger partial charge in [-0.05, 0) is 48.0 Å². The molecule has 0 radical (unpaired) electrons. The van der Waals surface area contributed by atoms with Crippen LogP contribution in [0.4, 0.5) is 11.4 Å². The van der Waals surface area contributed by atoms with Gasteiger partial charge in [0.15, 0.2) is 0 Å². The van der Waals surface area contributed by atoms with E-state index in [9.17, 15) is 14.4 Å². The molecular weight excluding hydrogens is 485 g/mol. The molecular formula is C23H21Cl2N3O4S. The number of ether oxygens (including phenoxy) is 1. The highest BCUT2D eigenvalue weighted by Crippen LogP contribution is 2.22. The van der Waals surface area contributed by atoms with Crippen molar-refractivity contribution in [1.29, 1.82) is 0 Å². The number of thiophene rings is 1.